The van der Waals surface area contributed by atoms with Crippen molar-refractivity contribution in [2.24, 2.45) is 0 Å². The van der Waals surface area contributed by atoms with E-state index in [1.807, 2.05) is 4.90 Å². The first kappa shape index (κ1) is 34.1. The molecule has 2 N–H and O–H groups in total. The highest BCUT2D eigenvalue weighted by Crippen LogP contribution is 2.44. The number of alkyl halides is 6. The van der Waals surface area contributed by atoms with Gasteiger partial charge in [-0.05, 0) is 55.7 Å². The lowest BCUT2D eigenvalue weighted by atomic mass is 9.87. The maximum Gasteiger partial charge on any atom is 0.415 e. The zero-order chi connectivity index (χ0) is 34.1. The zero-order valence-electron chi connectivity index (χ0n) is 25.4. The minimum absolute atomic E-state index is 0.0209. The van der Waals surface area contributed by atoms with E-state index in [4.69, 9.17) is 4.74 Å². The van der Waals surface area contributed by atoms with Gasteiger partial charge in [-0.1, -0.05) is 18.7 Å². The van der Waals surface area contributed by atoms with Gasteiger partial charge in [-0.2, -0.15) is 36.5 Å². The van der Waals surface area contributed by atoms with Crippen LogP contribution >= 0.6 is 0 Å². The molecule has 0 aliphatic carbocycles. The number of H-pyrrole nitrogens is 2. The third kappa shape index (κ3) is 7.84. The SMILES string of the molecule is C=C(/C=C(\C=C(/C)C(F)(F)F)[C@@H](C)O[C@H]1CN2C(=O)C(N(Cc3cn[nH]c3)Cc3cn[nH]c3)C[C@H]2[C@@H]1c1ccc(F)cc1)C(F)(F)F. The summed E-state index contributed by atoms with van der Waals surface area (Å²) in [6, 6.07) is 4.58. The van der Waals surface area contributed by atoms with Crippen molar-refractivity contribution < 1.29 is 40.3 Å². The predicted molar refractivity (Wildman–Crippen MR) is 157 cm³/mol. The van der Waals surface area contributed by atoms with Gasteiger partial charge in [-0.25, -0.2) is 4.39 Å². The molecule has 2 fully saturated rings. The highest BCUT2D eigenvalue weighted by Gasteiger charge is 2.54. The van der Waals surface area contributed by atoms with Crippen LogP contribution in [0.25, 0.3) is 0 Å². The Labute approximate surface area is 266 Å². The van der Waals surface area contributed by atoms with E-state index in [1.165, 1.54) is 19.1 Å². The van der Waals surface area contributed by atoms with Crippen LogP contribution in [-0.4, -0.2) is 79.3 Å². The lowest BCUT2D eigenvalue weighted by molar-refractivity contribution is -0.133. The Bertz CT molecular complexity index is 1560. The van der Waals surface area contributed by atoms with Crippen LogP contribution in [0.1, 0.15) is 42.9 Å². The molecule has 252 valence electrons. The summed E-state index contributed by atoms with van der Waals surface area (Å²) in [6.45, 7) is 5.88. The van der Waals surface area contributed by atoms with Gasteiger partial charge in [0.05, 0.1) is 30.6 Å². The molecule has 3 aromatic rings. The fourth-order valence-electron chi connectivity index (χ4n) is 6.19. The third-order valence-electron chi connectivity index (χ3n) is 8.59. The number of nitrogens with zero attached hydrogens (tertiary/aromatic N) is 4. The van der Waals surface area contributed by atoms with Crippen LogP contribution in [0, 0.1) is 5.82 Å². The molecule has 47 heavy (non-hydrogen) atoms. The number of rotatable bonds is 11. The van der Waals surface area contributed by atoms with Gasteiger partial charge in [0, 0.05) is 66.3 Å². The van der Waals surface area contributed by atoms with Crippen molar-refractivity contribution in [3.05, 3.63) is 107 Å². The van der Waals surface area contributed by atoms with Gasteiger partial charge in [0.1, 0.15) is 5.82 Å². The number of carbonyl (C=O) groups is 1. The van der Waals surface area contributed by atoms with Crippen LogP contribution in [0.3, 0.4) is 0 Å². The van der Waals surface area contributed by atoms with E-state index < -0.39 is 59.5 Å². The molecule has 2 aliphatic heterocycles. The average molecular weight is 667 g/mol. The van der Waals surface area contributed by atoms with Crippen molar-refractivity contribution in [1.82, 2.24) is 30.2 Å². The molecule has 1 amide bonds. The van der Waals surface area contributed by atoms with Crippen molar-refractivity contribution in [3.63, 3.8) is 0 Å². The fourth-order valence-corrected chi connectivity index (χ4v) is 6.19. The summed E-state index contributed by atoms with van der Waals surface area (Å²) in [4.78, 5) is 17.7. The van der Waals surface area contributed by atoms with Crippen molar-refractivity contribution in [2.75, 3.05) is 6.54 Å². The number of carbonyl (C=O) groups excluding carboxylic acids is 1. The molecule has 2 aliphatic rings. The second kappa shape index (κ2) is 13.5. The number of hydrogen-bond acceptors (Lipinski definition) is 5. The van der Waals surface area contributed by atoms with E-state index in [2.05, 4.69) is 27.0 Å². The monoisotopic (exact) mass is 666 g/mol. The standard InChI is InChI=1S/C32H33F7N6O2/c1-18(31(34,35)36)8-24(9-19(2)32(37,38)39)20(3)47-28-17-45-26(29(28)23-4-6-25(33)7-5-23)10-27(30(45)46)44(15-21-11-40-41-12-21)16-22-13-42-43-14-22/h4-9,11-14,20,26-29H,1,10,15-17H2,2-3H3,(H,40,41)(H,42,43)/b19-9+,24-8+/t20-,26+,27?,28+,29+/m1/s1. The molecular formula is C32H33F7N6O2. The maximum atomic E-state index is 14.0. The first-order chi connectivity index (χ1) is 22.1. The first-order valence-electron chi connectivity index (χ1n) is 14.8. The molecule has 0 bridgehead atoms. The second-order valence-corrected chi connectivity index (χ2v) is 11.8. The van der Waals surface area contributed by atoms with Gasteiger partial charge >= 0.3 is 12.4 Å². The Morgan fingerprint density at radius 1 is 1.04 bits per heavy atom. The van der Waals surface area contributed by atoms with E-state index in [0.29, 0.717) is 37.2 Å². The van der Waals surface area contributed by atoms with E-state index in [9.17, 15) is 35.5 Å². The van der Waals surface area contributed by atoms with E-state index >= 15 is 0 Å². The highest BCUT2D eigenvalue weighted by atomic mass is 19.4. The van der Waals surface area contributed by atoms with Crippen molar-refractivity contribution in [2.45, 2.75) is 75.9 Å². The predicted octanol–water partition coefficient (Wildman–Crippen LogP) is 6.37. The summed E-state index contributed by atoms with van der Waals surface area (Å²) in [6.07, 6.45) is -3.51. The molecule has 5 rings (SSSR count). The van der Waals surface area contributed by atoms with E-state index in [1.54, 1.807) is 41.8 Å². The van der Waals surface area contributed by atoms with Crippen molar-refractivity contribution in [1.29, 1.82) is 0 Å². The van der Waals surface area contributed by atoms with Crippen LogP contribution in [0.5, 0.6) is 0 Å². The minimum Gasteiger partial charge on any atom is -0.368 e. The highest BCUT2D eigenvalue weighted by molar-refractivity contribution is 5.85. The number of aromatic amines is 2. The fraction of sp³-hybridized carbons (Fsp3) is 0.406. The molecule has 2 saturated heterocycles. The maximum absolute atomic E-state index is 14.0. The number of nitrogens with one attached hydrogen (secondary N) is 2. The molecule has 5 atom stereocenters. The van der Waals surface area contributed by atoms with Gasteiger partial charge in [0.15, 0.2) is 0 Å². The normalized spacial score (nSPS) is 23.1. The quantitative estimate of drug-likeness (QED) is 0.184. The lowest BCUT2D eigenvalue weighted by Gasteiger charge is -2.30. The summed E-state index contributed by atoms with van der Waals surface area (Å²) in [7, 11) is 0. The molecule has 4 heterocycles. The van der Waals surface area contributed by atoms with Gasteiger partial charge in [-0.3, -0.25) is 19.9 Å². The number of amides is 1. The zero-order valence-corrected chi connectivity index (χ0v) is 25.4. The van der Waals surface area contributed by atoms with Crippen LogP contribution in [-0.2, 0) is 22.6 Å². The number of benzene rings is 1. The Hall–Kier alpha value is -4.24. The molecule has 2 aromatic heterocycles. The summed E-state index contributed by atoms with van der Waals surface area (Å²) >= 11 is 0. The van der Waals surface area contributed by atoms with Crippen LogP contribution < -0.4 is 0 Å². The van der Waals surface area contributed by atoms with Crippen LogP contribution in [0.2, 0.25) is 0 Å². The van der Waals surface area contributed by atoms with Crippen LogP contribution in [0.4, 0.5) is 30.7 Å². The topological polar surface area (TPSA) is 90.1 Å². The molecular weight excluding hydrogens is 633 g/mol. The third-order valence-corrected chi connectivity index (χ3v) is 8.59. The Kier molecular flexibility index (Phi) is 9.78. The second-order valence-electron chi connectivity index (χ2n) is 11.8. The summed E-state index contributed by atoms with van der Waals surface area (Å²) in [5.74, 6) is -1.26. The number of fused-ring (bicyclic) bond motifs is 1. The van der Waals surface area contributed by atoms with Gasteiger partial charge in [-0.15, -0.1) is 0 Å². The number of allylic oxidation sites excluding steroid dienone is 3. The van der Waals surface area contributed by atoms with E-state index in [0.717, 1.165) is 18.1 Å². The Morgan fingerprint density at radius 3 is 2.15 bits per heavy atom. The van der Waals surface area contributed by atoms with Gasteiger partial charge in [0.25, 0.3) is 0 Å². The summed E-state index contributed by atoms with van der Waals surface area (Å²) in [5, 5.41) is 13.5. The number of ether oxygens (including phenoxy) is 1. The largest absolute Gasteiger partial charge is 0.415 e. The number of aromatic nitrogens is 4. The van der Waals surface area contributed by atoms with Crippen molar-refractivity contribution in [3.8, 4) is 0 Å². The minimum atomic E-state index is -4.88. The molecule has 8 nitrogen and oxygen atoms in total. The number of hydrogen-bond donors (Lipinski definition) is 2. The first-order valence-corrected chi connectivity index (χ1v) is 14.8. The molecule has 0 radical (unpaired) electrons. The van der Waals surface area contributed by atoms with Gasteiger partial charge < -0.3 is 9.64 Å². The Morgan fingerprint density at radius 2 is 1.64 bits per heavy atom. The summed E-state index contributed by atoms with van der Waals surface area (Å²) in [5.41, 5.74) is -0.536. The average Bonchev–Trinajstić information content (AvgIpc) is 3.80. The number of halogens is 7. The van der Waals surface area contributed by atoms with Crippen LogP contribution in [0.15, 0.2) is 84.5 Å². The Balaban J connectivity index is 1.45. The molecule has 0 spiro atoms. The van der Waals surface area contributed by atoms with E-state index in [-0.39, 0.29) is 18.0 Å². The smallest absolute Gasteiger partial charge is 0.368 e. The summed E-state index contributed by atoms with van der Waals surface area (Å²) < 4.78 is 101. The molecule has 1 unspecified atom stereocenters. The molecule has 15 heteroatoms. The van der Waals surface area contributed by atoms with Crippen molar-refractivity contribution >= 4 is 5.91 Å². The van der Waals surface area contributed by atoms with Gasteiger partial charge in [0.2, 0.25) is 5.91 Å². The lowest BCUT2D eigenvalue weighted by Crippen LogP contribution is -2.42. The molecule has 1 aromatic carbocycles. The molecule has 0 saturated carbocycles.